The Morgan fingerprint density at radius 2 is 2.03 bits per heavy atom. The van der Waals surface area contributed by atoms with E-state index in [1.807, 2.05) is 30.3 Å². The molecule has 0 unspecified atom stereocenters. The van der Waals surface area contributed by atoms with Gasteiger partial charge in [0.2, 0.25) is 0 Å². The summed E-state index contributed by atoms with van der Waals surface area (Å²) in [6.07, 6.45) is 1.64. The van der Waals surface area contributed by atoms with Crippen LogP contribution in [0.5, 0.6) is 5.75 Å². The van der Waals surface area contributed by atoms with Crippen LogP contribution in [0.2, 0.25) is 0 Å². The zero-order valence-electron chi connectivity index (χ0n) is 16.4. The SMILES string of the molecule is FC(F)Oc1cccc(-c2nc3ccc(N4CCO[C@H](c5ccccn5)C4)nc3[nH]2)c1. The van der Waals surface area contributed by atoms with Gasteiger partial charge in [-0.15, -0.1) is 0 Å². The first kappa shape index (κ1) is 19.4. The van der Waals surface area contributed by atoms with Crippen molar-refractivity contribution in [3.63, 3.8) is 0 Å². The monoisotopic (exact) mass is 423 g/mol. The molecule has 4 aromatic rings. The highest BCUT2D eigenvalue weighted by Gasteiger charge is 2.24. The molecule has 0 amide bonds. The number of nitrogens with zero attached hydrogens (tertiary/aromatic N) is 4. The molecule has 5 rings (SSSR count). The van der Waals surface area contributed by atoms with Crippen molar-refractivity contribution < 1.29 is 18.3 Å². The van der Waals surface area contributed by atoms with Gasteiger partial charge in [-0.2, -0.15) is 8.78 Å². The zero-order chi connectivity index (χ0) is 21.2. The molecule has 31 heavy (non-hydrogen) atoms. The molecule has 0 aliphatic carbocycles. The van der Waals surface area contributed by atoms with Crippen molar-refractivity contribution in [3.8, 4) is 17.1 Å². The number of rotatable bonds is 5. The Labute approximate surface area is 176 Å². The molecule has 0 bridgehead atoms. The van der Waals surface area contributed by atoms with E-state index in [0.717, 1.165) is 18.1 Å². The second kappa shape index (κ2) is 8.27. The molecule has 1 saturated heterocycles. The maximum Gasteiger partial charge on any atom is 0.387 e. The van der Waals surface area contributed by atoms with Gasteiger partial charge in [-0.1, -0.05) is 18.2 Å². The first-order valence-electron chi connectivity index (χ1n) is 9.85. The van der Waals surface area contributed by atoms with E-state index in [-0.39, 0.29) is 11.9 Å². The summed E-state index contributed by atoms with van der Waals surface area (Å²) in [5.74, 6) is 1.42. The van der Waals surface area contributed by atoms with E-state index in [4.69, 9.17) is 9.72 Å². The third kappa shape index (κ3) is 4.17. The lowest BCUT2D eigenvalue weighted by Gasteiger charge is -2.33. The number of alkyl halides is 2. The number of halogens is 2. The van der Waals surface area contributed by atoms with E-state index >= 15 is 0 Å². The van der Waals surface area contributed by atoms with E-state index in [9.17, 15) is 8.78 Å². The summed E-state index contributed by atoms with van der Waals surface area (Å²) in [5, 5.41) is 0. The highest BCUT2D eigenvalue weighted by Crippen LogP contribution is 2.27. The van der Waals surface area contributed by atoms with Gasteiger partial charge >= 0.3 is 6.61 Å². The number of imidazole rings is 1. The van der Waals surface area contributed by atoms with Gasteiger partial charge in [0.25, 0.3) is 0 Å². The molecular weight excluding hydrogens is 404 g/mol. The average molecular weight is 423 g/mol. The molecule has 7 nitrogen and oxygen atoms in total. The first-order chi connectivity index (χ1) is 15.2. The zero-order valence-corrected chi connectivity index (χ0v) is 16.4. The third-order valence-corrected chi connectivity index (χ3v) is 5.07. The maximum absolute atomic E-state index is 12.5. The predicted molar refractivity (Wildman–Crippen MR) is 111 cm³/mol. The molecule has 1 aliphatic heterocycles. The number of morpholine rings is 1. The predicted octanol–water partition coefficient (Wildman–Crippen LogP) is 4.20. The van der Waals surface area contributed by atoms with E-state index in [2.05, 4.69) is 24.6 Å². The van der Waals surface area contributed by atoms with Crippen LogP contribution in [0.3, 0.4) is 0 Å². The normalized spacial score (nSPS) is 16.7. The number of hydrogen-bond acceptors (Lipinski definition) is 6. The number of nitrogens with one attached hydrogen (secondary N) is 1. The van der Waals surface area contributed by atoms with E-state index in [1.165, 1.54) is 12.1 Å². The van der Waals surface area contributed by atoms with Gasteiger partial charge in [-0.25, -0.2) is 9.97 Å². The van der Waals surface area contributed by atoms with Crippen LogP contribution in [0.4, 0.5) is 14.6 Å². The summed E-state index contributed by atoms with van der Waals surface area (Å²) >= 11 is 0. The Morgan fingerprint density at radius 3 is 2.87 bits per heavy atom. The largest absolute Gasteiger partial charge is 0.435 e. The maximum atomic E-state index is 12.5. The molecule has 1 aromatic carbocycles. The second-order valence-corrected chi connectivity index (χ2v) is 7.09. The van der Waals surface area contributed by atoms with Crippen molar-refractivity contribution >= 4 is 17.0 Å². The van der Waals surface area contributed by atoms with E-state index in [0.29, 0.717) is 35.7 Å². The lowest BCUT2D eigenvalue weighted by molar-refractivity contribution is -0.0498. The number of fused-ring (bicyclic) bond motifs is 1. The smallest absolute Gasteiger partial charge is 0.387 e. The molecule has 0 radical (unpaired) electrons. The molecular formula is C22H19F2N5O2. The number of benzene rings is 1. The van der Waals surface area contributed by atoms with E-state index < -0.39 is 6.61 Å². The molecule has 1 atom stereocenters. The van der Waals surface area contributed by atoms with Crippen molar-refractivity contribution in [1.29, 1.82) is 0 Å². The Morgan fingerprint density at radius 1 is 1.10 bits per heavy atom. The molecule has 9 heteroatoms. The highest BCUT2D eigenvalue weighted by molar-refractivity contribution is 5.78. The van der Waals surface area contributed by atoms with Crippen molar-refractivity contribution in [2.24, 2.45) is 0 Å². The fourth-order valence-corrected chi connectivity index (χ4v) is 3.62. The third-order valence-electron chi connectivity index (χ3n) is 5.07. The number of H-pyrrole nitrogens is 1. The Bertz CT molecular complexity index is 1180. The van der Waals surface area contributed by atoms with Crippen molar-refractivity contribution in [2.75, 3.05) is 24.6 Å². The fraction of sp³-hybridized carbons (Fsp3) is 0.227. The number of aromatic amines is 1. The van der Waals surface area contributed by atoms with Gasteiger partial charge in [0.05, 0.1) is 18.8 Å². The van der Waals surface area contributed by atoms with Crippen LogP contribution in [0.1, 0.15) is 11.8 Å². The fourth-order valence-electron chi connectivity index (χ4n) is 3.62. The minimum Gasteiger partial charge on any atom is -0.435 e. The number of ether oxygens (including phenoxy) is 2. The summed E-state index contributed by atoms with van der Waals surface area (Å²) in [6.45, 7) is -0.940. The molecule has 4 heterocycles. The molecule has 0 saturated carbocycles. The molecule has 1 aliphatic rings. The van der Waals surface area contributed by atoms with Gasteiger partial charge in [0, 0.05) is 18.3 Å². The number of anilines is 1. The molecule has 158 valence electrons. The van der Waals surface area contributed by atoms with Gasteiger partial charge in [0.15, 0.2) is 5.65 Å². The minimum atomic E-state index is -2.88. The molecule has 3 aromatic heterocycles. The molecule has 0 spiro atoms. The number of pyridine rings is 2. The van der Waals surface area contributed by atoms with Crippen LogP contribution in [0.25, 0.3) is 22.6 Å². The molecule has 1 N–H and O–H groups in total. The van der Waals surface area contributed by atoms with Gasteiger partial charge in [0.1, 0.15) is 29.0 Å². The van der Waals surface area contributed by atoms with Crippen LogP contribution >= 0.6 is 0 Å². The lowest BCUT2D eigenvalue weighted by Crippen LogP contribution is -2.39. The van der Waals surface area contributed by atoms with Crippen LogP contribution < -0.4 is 9.64 Å². The van der Waals surface area contributed by atoms with E-state index in [1.54, 1.807) is 18.3 Å². The number of aromatic nitrogens is 4. The summed E-state index contributed by atoms with van der Waals surface area (Å²) in [4.78, 5) is 19.0. The lowest BCUT2D eigenvalue weighted by atomic mass is 10.2. The summed E-state index contributed by atoms with van der Waals surface area (Å²) < 4.78 is 35.4. The van der Waals surface area contributed by atoms with Gasteiger partial charge in [-0.3, -0.25) is 4.98 Å². The Kier molecular flexibility index (Phi) is 5.17. The summed E-state index contributed by atoms with van der Waals surface area (Å²) in [6, 6.07) is 16.0. The average Bonchev–Trinajstić information content (AvgIpc) is 3.23. The Hall–Kier alpha value is -3.59. The summed E-state index contributed by atoms with van der Waals surface area (Å²) in [7, 11) is 0. The minimum absolute atomic E-state index is 0.0792. The quantitative estimate of drug-likeness (QED) is 0.519. The van der Waals surface area contributed by atoms with Gasteiger partial charge < -0.3 is 19.4 Å². The standard InChI is InChI=1S/C22H19F2N5O2/c23-22(24)31-15-5-3-4-14(12-15)20-26-17-7-8-19(27-21(17)28-20)29-10-11-30-18(13-29)16-6-1-2-9-25-16/h1-9,12,18,22H,10-11,13H2,(H,26,27,28)/t18-/m0/s1. The highest BCUT2D eigenvalue weighted by atomic mass is 19.3. The van der Waals surface area contributed by atoms with Crippen molar-refractivity contribution in [3.05, 3.63) is 66.5 Å². The second-order valence-electron chi connectivity index (χ2n) is 7.09. The number of hydrogen-bond donors (Lipinski definition) is 1. The van der Waals surface area contributed by atoms with Crippen molar-refractivity contribution in [1.82, 2.24) is 19.9 Å². The van der Waals surface area contributed by atoms with Gasteiger partial charge in [-0.05, 0) is 36.4 Å². The summed E-state index contributed by atoms with van der Waals surface area (Å²) in [5.41, 5.74) is 2.84. The van der Waals surface area contributed by atoms with Crippen LogP contribution in [-0.4, -0.2) is 46.2 Å². The van der Waals surface area contributed by atoms with Crippen LogP contribution in [0, 0.1) is 0 Å². The topological polar surface area (TPSA) is 76.2 Å². The van der Waals surface area contributed by atoms with Crippen LogP contribution in [0.15, 0.2) is 60.8 Å². The van der Waals surface area contributed by atoms with Crippen molar-refractivity contribution in [2.45, 2.75) is 12.7 Å². The Balaban J connectivity index is 1.40. The molecule has 1 fully saturated rings. The first-order valence-corrected chi connectivity index (χ1v) is 9.85. The van der Waals surface area contributed by atoms with Crippen LogP contribution in [-0.2, 0) is 4.74 Å².